The number of hydrogen-bond acceptors (Lipinski definition) is 4. The van der Waals surface area contributed by atoms with Crippen molar-refractivity contribution in [2.45, 2.75) is 64.5 Å². The molecule has 0 N–H and O–H groups in total. The first-order valence-corrected chi connectivity index (χ1v) is 8.27. The molecule has 0 aromatic rings. The van der Waals surface area contributed by atoms with Gasteiger partial charge in [0.2, 0.25) is 11.8 Å². The van der Waals surface area contributed by atoms with Crippen molar-refractivity contribution < 1.29 is 14.3 Å². The number of rotatable bonds is 7. The van der Waals surface area contributed by atoms with Crippen LogP contribution in [0.25, 0.3) is 0 Å². The highest BCUT2D eigenvalue weighted by atomic mass is 16.5. The summed E-state index contributed by atoms with van der Waals surface area (Å²) in [6, 6.07) is 0.533. The van der Waals surface area contributed by atoms with Gasteiger partial charge in [-0.2, -0.15) is 0 Å². The van der Waals surface area contributed by atoms with Gasteiger partial charge in [-0.3, -0.25) is 19.4 Å². The van der Waals surface area contributed by atoms with Gasteiger partial charge < -0.3 is 4.74 Å². The number of likely N-dealkylation sites (tertiary alicyclic amines) is 2. The lowest BCUT2D eigenvalue weighted by molar-refractivity contribution is -0.138. The molecule has 1 unspecified atom stereocenters. The molecule has 0 saturated carbocycles. The fourth-order valence-corrected chi connectivity index (χ4v) is 3.22. The zero-order valence-corrected chi connectivity index (χ0v) is 13.3. The minimum Gasteiger partial charge on any atom is -0.379 e. The number of piperidine rings is 1. The predicted molar refractivity (Wildman–Crippen MR) is 80.9 cm³/mol. The number of hydrogen-bond donors (Lipinski definition) is 0. The topological polar surface area (TPSA) is 49.9 Å². The predicted octanol–water partition coefficient (Wildman–Crippen LogP) is 1.80. The number of imide groups is 1. The molecule has 5 heteroatoms. The largest absolute Gasteiger partial charge is 0.379 e. The Morgan fingerprint density at radius 2 is 1.86 bits per heavy atom. The summed E-state index contributed by atoms with van der Waals surface area (Å²) in [5.41, 5.74) is 0. The molecule has 2 fully saturated rings. The van der Waals surface area contributed by atoms with Gasteiger partial charge in [-0.25, -0.2) is 0 Å². The van der Waals surface area contributed by atoms with Gasteiger partial charge in [0.25, 0.3) is 0 Å². The van der Waals surface area contributed by atoms with Crippen LogP contribution in [0.2, 0.25) is 0 Å². The van der Waals surface area contributed by atoms with E-state index in [-0.39, 0.29) is 17.9 Å². The molecule has 0 aromatic heterocycles. The Labute approximate surface area is 127 Å². The third-order valence-electron chi connectivity index (χ3n) is 4.42. The van der Waals surface area contributed by atoms with Gasteiger partial charge in [-0.05, 0) is 39.7 Å². The van der Waals surface area contributed by atoms with Crippen molar-refractivity contribution in [2.75, 3.05) is 26.2 Å². The highest BCUT2D eigenvalue weighted by Crippen LogP contribution is 2.20. The summed E-state index contributed by atoms with van der Waals surface area (Å²) in [5.74, 6) is -0.00611. The van der Waals surface area contributed by atoms with Crippen LogP contribution in [-0.4, -0.2) is 60.0 Å². The smallest absolute Gasteiger partial charge is 0.229 e. The Morgan fingerprint density at radius 3 is 2.52 bits per heavy atom. The van der Waals surface area contributed by atoms with E-state index < -0.39 is 0 Å². The van der Waals surface area contributed by atoms with Gasteiger partial charge in [0.05, 0.1) is 6.10 Å². The van der Waals surface area contributed by atoms with Gasteiger partial charge in [0.1, 0.15) is 0 Å². The van der Waals surface area contributed by atoms with Crippen LogP contribution in [0.15, 0.2) is 0 Å². The molecule has 0 bridgehead atoms. The normalized spacial score (nSPS) is 24.3. The summed E-state index contributed by atoms with van der Waals surface area (Å²) < 4.78 is 5.66. The van der Waals surface area contributed by atoms with Gasteiger partial charge in [-0.15, -0.1) is 0 Å². The molecule has 0 aliphatic carbocycles. The van der Waals surface area contributed by atoms with E-state index >= 15 is 0 Å². The molecule has 0 spiro atoms. The molecule has 2 rings (SSSR count). The number of carbonyl (C=O) groups is 2. The lowest BCUT2D eigenvalue weighted by Gasteiger charge is -2.36. The fourth-order valence-electron chi connectivity index (χ4n) is 3.22. The van der Waals surface area contributed by atoms with Gasteiger partial charge in [0.15, 0.2) is 0 Å². The Bertz CT molecular complexity index is 355. The van der Waals surface area contributed by atoms with Crippen molar-refractivity contribution in [3.05, 3.63) is 0 Å². The van der Waals surface area contributed by atoms with E-state index in [4.69, 9.17) is 4.74 Å². The lowest BCUT2D eigenvalue weighted by Crippen LogP contribution is -2.45. The van der Waals surface area contributed by atoms with E-state index in [2.05, 4.69) is 18.7 Å². The van der Waals surface area contributed by atoms with Crippen LogP contribution in [0.3, 0.4) is 0 Å². The third-order valence-corrected chi connectivity index (χ3v) is 4.42. The van der Waals surface area contributed by atoms with E-state index in [1.54, 1.807) is 0 Å². The monoisotopic (exact) mass is 296 g/mol. The maximum Gasteiger partial charge on any atom is 0.229 e. The quantitative estimate of drug-likeness (QED) is 0.672. The maximum atomic E-state index is 11.7. The maximum absolute atomic E-state index is 11.7. The van der Waals surface area contributed by atoms with E-state index in [1.165, 1.54) is 24.2 Å². The Balaban J connectivity index is 1.78. The molecule has 2 heterocycles. The average Bonchev–Trinajstić information content (AvgIpc) is 2.77. The minimum atomic E-state index is -0.00306. The Kier molecular flexibility index (Phi) is 6.18. The second-order valence-corrected chi connectivity index (χ2v) is 6.33. The highest BCUT2D eigenvalue weighted by molar-refractivity contribution is 6.01. The fraction of sp³-hybridized carbons (Fsp3) is 0.875. The number of ether oxygens (including phenoxy) is 1. The summed E-state index contributed by atoms with van der Waals surface area (Å²) in [6.45, 7) is 7.35. The minimum absolute atomic E-state index is 0.00306. The second kappa shape index (κ2) is 7.90. The molecule has 2 amide bonds. The molecular formula is C16H28N2O3. The van der Waals surface area contributed by atoms with Crippen molar-refractivity contribution >= 4 is 11.8 Å². The summed E-state index contributed by atoms with van der Waals surface area (Å²) in [5, 5.41) is 0. The van der Waals surface area contributed by atoms with Crippen molar-refractivity contribution in [2.24, 2.45) is 0 Å². The van der Waals surface area contributed by atoms with Crippen LogP contribution in [0, 0.1) is 0 Å². The molecule has 2 saturated heterocycles. The molecule has 2 aliphatic heterocycles. The zero-order chi connectivity index (χ0) is 15.2. The number of carbonyl (C=O) groups excluding carboxylic acids is 2. The van der Waals surface area contributed by atoms with Crippen molar-refractivity contribution in [1.82, 2.24) is 9.80 Å². The summed E-state index contributed by atoms with van der Waals surface area (Å²) >= 11 is 0. The molecule has 2 aliphatic rings. The average molecular weight is 296 g/mol. The molecular weight excluding hydrogens is 268 g/mol. The van der Waals surface area contributed by atoms with E-state index in [0.29, 0.717) is 25.4 Å². The summed E-state index contributed by atoms with van der Waals surface area (Å²) in [6.07, 6.45) is 5.79. The molecule has 0 aromatic carbocycles. The van der Waals surface area contributed by atoms with E-state index in [0.717, 1.165) is 26.1 Å². The van der Waals surface area contributed by atoms with E-state index in [9.17, 15) is 9.59 Å². The number of amides is 2. The zero-order valence-electron chi connectivity index (χ0n) is 13.3. The highest BCUT2D eigenvalue weighted by Gasteiger charge is 2.30. The van der Waals surface area contributed by atoms with Gasteiger partial charge in [-0.1, -0.05) is 6.42 Å². The molecule has 5 nitrogen and oxygen atoms in total. The Morgan fingerprint density at radius 1 is 1.14 bits per heavy atom. The second-order valence-electron chi connectivity index (χ2n) is 6.33. The first-order chi connectivity index (χ1) is 10.1. The molecule has 0 radical (unpaired) electrons. The third kappa shape index (κ3) is 4.78. The lowest BCUT2D eigenvalue weighted by atomic mass is 9.99. The van der Waals surface area contributed by atoms with Gasteiger partial charge in [0, 0.05) is 38.6 Å². The van der Waals surface area contributed by atoms with Crippen molar-refractivity contribution in [3.8, 4) is 0 Å². The summed E-state index contributed by atoms with van der Waals surface area (Å²) in [7, 11) is 0. The first-order valence-electron chi connectivity index (χ1n) is 8.27. The van der Waals surface area contributed by atoms with Gasteiger partial charge >= 0.3 is 0 Å². The Hall–Kier alpha value is -0.940. The van der Waals surface area contributed by atoms with Crippen LogP contribution >= 0.6 is 0 Å². The molecule has 21 heavy (non-hydrogen) atoms. The van der Waals surface area contributed by atoms with Crippen LogP contribution in [0.5, 0.6) is 0 Å². The standard InChI is InChI=1S/C16H28N2O3/c1-13(2)21-12-8-14-5-3-4-9-17(14)10-11-18-15(19)6-7-16(18)20/h13-14H,3-12H2,1-2H3. The van der Waals surface area contributed by atoms with Crippen LogP contribution < -0.4 is 0 Å². The van der Waals surface area contributed by atoms with Crippen molar-refractivity contribution in [1.29, 1.82) is 0 Å². The molecule has 1 atom stereocenters. The summed E-state index contributed by atoms with van der Waals surface area (Å²) in [4.78, 5) is 27.2. The van der Waals surface area contributed by atoms with Crippen LogP contribution in [-0.2, 0) is 14.3 Å². The molecule has 120 valence electrons. The number of nitrogens with zero attached hydrogens (tertiary/aromatic N) is 2. The first kappa shape index (κ1) is 16.4. The SMILES string of the molecule is CC(C)OCCC1CCCCN1CCN1C(=O)CCC1=O. The van der Waals surface area contributed by atoms with E-state index in [1.807, 2.05) is 0 Å². The van der Waals surface area contributed by atoms with Crippen LogP contribution in [0.4, 0.5) is 0 Å². The van der Waals surface area contributed by atoms with Crippen molar-refractivity contribution in [3.63, 3.8) is 0 Å². The van der Waals surface area contributed by atoms with Crippen LogP contribution in [0.1, 0.15) is 52.4 Å².